The van der Waals surface area contributed by atoms with Crippen molar-refractivity contribution in [3.05, 3.63) is 54.4 Å². The molecule has 2 rings (SSSR count). The zero-order chi connectivity index (χ0) is 13.7. The summed E-state index contributed by atoms with van der Waals surface area (Å²) in [5, 5.41) is 0. The molecular formula is C15H18Cl2N2O2. The first-order chi connectivity index (χ1) is 9.20. The summed E-state index contributed by atoms with van der Waals surface area (Å²) in [5.41, 5.74) is 8.96. The van der Waals surface area contributed by atoms with E-state index in [0.29, 0.717) is 6.42 Å². The number of nitrogens with zero attached hydrogens (tertiary/aromatic N) is 1. The minimum atomic E-state index is -0.614. The van der Waals surface area contributed by atoms with Crippen molar-refractivity contribution < 1.29 is 9.53 Å². The lowest BCUT2D eigenvalue weighted by Crippen LogP contribution is -2.33. The van der Waals surface area contributed by atoms with Crippen molar-refractivity contribution in [2.24, 2.45) is 5.73 Å². The second-order valence-corrected chi connectivity index (χ2v) is 4.27. The fourth-order valence-electron chi connectivity index (χ4n) is 1.87. The van der Waals surface area contributed by atoms with Crippen molar-refractivity contribution in [2.75, 3.05) is 7.11 Å². The van der Waals surface area contributed by atoms with Crippen molar-refractivity contribution in [3.63, 3.8) is 0 Å². The lowest BCUT2D eigenvalue weighted by molar-refractivity contribution is -0.142. The van der Waals surface area contributed by atoms with E-state index >= 15 is 0 Å². The van der Waals surface area contributed by atoms with Crippen molar-refractivity contribution >= 4 is 30.8 Å². The molecule has 0 spiro atoms. The Morgan fingerprint density at radius 1 is 1.10 bits per heavy atom. The van der Waals surface area contributed by atoms with Crippen LogP contribution in [0.15, 0.2) is 48.8 Å². The lowest BCUT2D eigenvalue weighted by atomic mass is 10.0. The topological polar surface area (TPSA) is 65.2 Å². The van der Waals surface area contributed by atoms with Gasteiger partial charge in [0, 0.05) is 12.4 Å². The molecule has 0 radical (unpaired) electrons. The second-order valence-electron chi connectivity index (χ2n) is 4.27. The smallest absolute Gasteiger partial charge is 0.322 e. The molecule has 2 aromatic rings. The zero-order valence-electron chi connectivity index (χ0n) is 11.6. The average Bonchev–Trinajstić information content (AvgIpc) is 2.48. The first-order valence-corrected chi connectivity index (χ1v) is 6.03. The molecule has 0 unspecified atom stereocenters. The van der Waals surface area contributed by atoms with Gasteiger partial charge in [-0.1, -0.05) is 24.3 Å². The number of carbonyl (C=O) groups is 1. The van der Waals surface area contributed by atoms with Crippen LogP contribution in [0, 0.1) is 0 Å². The second kappa shape index (κ2) is 9.34. The van der Waals surface area contributed by atoms with E-state index in [-0.39, 0.29) is 24.8 Å². The van der Waals surface area contributed by atoms with Crippen LogP contribution in [0.5, 0.6) is 0 Å². The Bertz CT molecular complexity index is 547. The molecule has 0 amide bonds. The van der Waals surface area contributed by atoms with Crippen molar-refractivity contribution in [1.29, 1.82) is 0 Å². The first-order valence-electron chi connectivity index (χ1n) is 6.03. The SMILES string of the molecule is COC(=O)[C@@H](N)Cc1ccc(-c2ccncc2)cc1.Cl.Cl. The molecule has 0 aliphatic rings. The Kier molecular flexibility index (Phi) is 8.62. The Balaban J connectivity index is 0.00000200. The van der Waals surface area contributed by atoms with Gasteiger partial charge in [-0.3, -0.25) is 9.78 Å². The van der Waals surface area contributed by atoms with Crippen LogP contribution in [0.2, 0.25) is 0 Å². The van der Waals surface area contributed by atoms with Gasteiger partial charge in [-0.15, -0.1) is 24.8 Å². The van der Waals surface area contributed by atoms with Gasteiger partial charge in [-0.2, -0.15) is 0 Å². The molecule has 4 nitrogen and oxygen atoms in total. The maximum absolute atomic E-state index is 11.3. The summed E-state index contributed by atoms with van der Waals surface area (Å²) in [4.78, 5) is 15.2. The predicted octanol–water partition coefficient (Wildman–Crippen LogP) is 2.64. The van der Waals surface area contributed by atoms with Gasteiger partial charge in [0.25, 0.3) is 0 Å². The average molecular weight is 329 g/mol. The van der Waals surface area contributed by atoms with Crippen LogP contribution in [-0.2, 0) is 16.0 Å². The molecular weight excluding hydrogens is 311 g/mol. The standard InChI is InChI=1S/C15H16N2O2.2ClH/c1-19-15(18)14(16)10-11-2-4-12(5-3-11)13-6-8-17-9-7-13;;/h2-9,14H,10,16H2,1H3;2*1H/t14-;;/m0../s1. The molecule has 1 heterocycles. The highest BCUT2D eigenvalue weighted by Gasteiger charge is 2.13. The van der Waals surface area contributed by atoms with Gasteiger partial charge >= 0.3 is 5.97 Å². The summed E-state index contributed by atoms with van der Waals surface area (Å²) in [5.74, 6) is -0.391. The quantitative estimate of drug-likeness (QED) is 0.876. The molecule has 0 saturated heterocycles. The van der Waals surface area contributed by atoms with E-state index in [1.54, 1.807) is 12.4 Å². The molecule has 21 heavy (non-hydrogen) atoms. The number of methoxy groups -OCH3 is 1. The highest BCUT2D eigenvalue weighted by molar-refractivity contribution is 5.85. The Morgan fingerprint density at radius 3 is 2.14 bits per heavy atom. The molecule has 114 valence electrons. The number of nitrogens with two attached hydrogens (primary N) is 1. The number of pyridine rings is 1. The number of hydrogen-bond donors (Lipinski definition) is 1. The molecule has 2 N–H and O–H groups in total. The normalized spacial score (nSPS) is 10.8. The lowest BCUT2D eigenvalue weighted by Gasteiger charge is -2.09. The highest BCUT2D eigenvalue weighted by Crippen LogP contribution is 2.19. The summed E-state index contributed by atoms with van der Waals surface area (Å²) < 4.78 is 4.61. The molecule has 6 heteroatoms. The fraction of sp³-hybridized carbons (Fsp3) is 0.200. The molecule has 0 aliphatic carbocycles. The maximum atomic E-state index is 11.3. The number of carbonyl (C=O) groups excluding carboxylic acids is 1. The molecule has 0 fully saturated rings. The first kappa shape index (κ1) is 19.4. The molecule has 0 aliphatic heterocycles. The third-order valence-electron chi connectivity index (χ3n) is 2.93. The Labute approximate surface area is 136 Å². The molecule has 1 aromatic heterocycles. The van der Waals surface area contributed by atoms with Gasteiger partial charge < -0.3 is 10.5 Å². The van der Waals surface area contributed by atoms with E-state index < -0.39 is 12.0 Å². The van der Waals surface area contributed by atoms with Crippen LogP contribution >= 0.6 is 24.8 Å². The van der Waals surface area contributed by atoms with Crippen molar-refractivity contribution in [2.45, 2.75) is 12.5 Å². The van der Waals surface area contributed by atoms with Crippen LogP contribution < -0.4 is 5.73 Å². The summed E-state index contributed by atoms with van der Waals surface area (Å²) >= 11 is 0. The number of rotatable bonds is 4. The third kappa shape index (κ3) is 5.34. The minimum absolute atomic E-state index is 0. The third-order valence-corrected chi connectivity index (χ3v) is 2.93. The van der Waals surface area contributed by atoms with Crippen molar-refractivity contribution in [3.8, 4) is 11.1 Å². The van der Waals surface area contributed by atoms with E-state index in [1.807, 2.05) is 36.4 Å². The van der Waals surface area contributed by atoms with E-state index in [4.69, 9.17) is 5.73 Å². The fourth-order valence-corrected chi connectivity index (χ4v) is 1.87. The van der Waals surface area contributed by atoms with E-state index in [2.05, 4.69) is 9.72 Å². The molecule has 0 saturated carbocycles. The molecule has 1 atom stereocenters. The van der Waals surface area contributed by atoms with Crippen LogP contribution in [0.3, 0.4) is 0 Å². The number of ether oxygens (including phenoxy) is 1. The molecule has 1 aromatic carbocycles. The van der Waals surface area contributed by atoms with Gasteiger partial charge in [0.1, 0.15) is 6.04 Å². The minimum Gasteiger partial charge on any atom is -0.468 e. The number of hydrogen-bond acceptors (Lipinski definition) is 4. The van der Waals surface area contributed by atoms with Crippen LogP contribution in [0.1, 0.15) is 5.56 Å². The van der Waals surface area contributed by atoms with E-state index in [9.17, 15) is 4.79 Å². The number of halogens is 2. The number of benzene rings is 1. The summed E-state index contributed by atoms with van der Waals surface area (Å²) in [6.45, 7) is 0. The summed E-state index contributed by atoms with van der Waals surface area (Å²) in [7, 11) is 1.34. The summed E-state index contributed by atoms with van der Waals surface area (Å²) in [6.07, 6.45) is 4.00. The zero-order valence-corrected chi connectivity index (χ0v) is 13.2. The summed E-state index contributed by atoms with van der Waals surface area (Å²) in [6, 6.07) is 11.3. The van der Waals surface area contributed by atoms with Crippen LogP contribution in [-0.4, -0.2) is 24.1 Å². The van der Waals surface area contributed by atoms with E-state index in [1.165, 1.54) is 7.11 Å². The monoisotopic (exact) mass is 328 g/mol. The van der Waals surface area contributed by atoms with Gasteiger partial charge in [0.15, 0.2) is 0 Å². The molecule has 0 bridgehead atoms. The van der Waals surface area contributed by atoms with Gasteiger partial charge in [-0.05, 0) is 35.2 Å². The largest absolute Gasteiger partial charge is 0.468 e. The predicted molar refractivity (Wildman–Crippen MR) is 87.9 cm³/mol. The van der Waals surface area contributed by atoms with Gasteiger partial charge in [-0.25, -0.2) is 0 Å². The van der Waals surface area contributed by atoms with Crippen molar-refractivity contribution in [1.82, 2.24) is 4.98 Å². The van der Waals surface area contributed by atoms with Crippen LogP contribution in [0.25, 0.3) is 11.1 Å². The van der Waals surface area contributed by atoms with Gasteiger partial charge in [0.05, 0.1) is 7.11 Å². The highest BCUT2D eigenvalue weighted by atomic mass is 35.5. The number of esters is 1. The van der Waals surface area contributed by atoms with E-state index in [0.717, 1.165) is 16.7 Å². The number of aromatic nitrogens is 1. The Hall–Kier alpha value is -1.62. The maximum Gasteiger partial charge on any atom is 0.322 e. The Morgan fingerprint density at radius 2 is 1.62 bits per heavy atom. The van der Waals surface area contributed by atoms with Gasteiger partial charge in [0.2, 0.25) is 0 Å². The van der Waals surface area contributed by atoms with Crippen LogP contribution in [0.4, 0.5) is 0 Å².